The number of rotatable bonds is 6. The van der Waals surface area contributed by atoms with Crippen molar-refractivity contribution in [2.75, 3.05) is 14.2 Å². The Balaban J connectivity index is 3.32. The lowest BCUT2D eigenvalue weighted by molar-refractivity contribution is 0.416. The molecular weight excluding hydrogens is 280 g/mol. The van der Waals surface area contributed by atoms with E-state index in [-0.39, 0.29) is 0 Å². The van der Waals surface area contributed by atoms with E-state index in [1.165, 1.54) is 0 Å². The molecule has 0 bridgehead atoms. The van der Waals surface area contributed by atoms with Crippen LogP contribution in [0.2, 0.25) is 26.2 Å². The summed E-state index contributed by atoms with van der Waals surface area (Å²) in [6.45, 7) is 17.2. The normalized spacial score (nSPS) is 12.3. The predicted molar refractivity (Wildman–Crippen MR) is 93.5 cm³/mol. The fourth-order valence-electron chi connectivity index (χ4n) is 1.90. The van der Waals surface area contributed by atoms with E-state index < -0.39 is 16.6 Å². The Bertz CT molecular complexity index is 472. The van der Waals surface area contributed by atoms with E-state index in [4.69, 9.17) is 8.85 Å². The van der Waals surface area contributed by atoms with Crippen LogP contribution in [0.25, 0.3) is 10.4 Å². The Kier molecular flexibility index (Phi) is 5.32. The molecule has 1 aromatic carbocycles. The summed E-state index contributed by atoms with van der Waals surface area (Å²) < 4.78 is 11.4. The van der Waals surface area contributed by atoms with Crippen LogP contribution in [0.1, 0.15) is 11.1 Å². The molecule has 0 atom stereocenters. The fraction of sp³-hybridized carbons (Fsp3) is 0.375. The van der Waals surface area contributed by atoms with Gasteiger partial charge in [-0.2, -0.15) is 0 Å². The summed E-state index contributed by atoms with van der Waals surface area (Å²) in [5.41, 5.74) is 2.29. The highest BCUT2D eigenvalue weighted by Crippen LogP contribution is 2.33. The highest BCUT2D eigenvalue weighted by molar-refractivity contribution is 6.91. The Morgan fingerprint density at radius 2 is 1.10 bits per heavy atom. The maximum Gasteiger partial charge on any atom is 0.217 e. The third kappa shape index (κ3) is 3.38. The number of hydrogen-bond acceptors (Lipinski definition) is 2. The molecule has 2 nitrogen and oxygen atoms in total. The SMILES string of the molecule is C=C(c1ccccc1C(=C)[Si](C)(C)OC)[Si](C)(C)OC. The molecule has 110 valence electrons. The second kappa shape index (κ2) is 6.22. The molecule has 0 amide bonds. The van der Waals surface area contributed by atoms with Crippen molar-refractivity contribution in [3.8, 4) is 0 Å². The first-order valence-corrected chi connectivity index (χ1v) is 12.6. The van der Waals surface area contributed by atoms with Crippen LogP contribution in [-0.4, -0.2) is 30.9 Å². The van der Waals surface area contributed by atoms with Crippen LogP contribution in [0.4, 0.5) is 0 Å². The standard InChI is InChI=1S/C16H26O2Si2/c1-13(19(5,6)17-3)15-11-9-10-12-16(15)14(2)20(7,8)18-4/h9-12H,1-2H2,3-8H3. The van der Waals surface area contributed by atoms with Gasteiger partial charge >= 0.3 is 0 Å². The van der Waals surface area contributed by atoms with Crippen LogP contribution in [-0.2, 0) is 8.85 Å². The van der Waals surface area contributed by atoms with Crippen molar-refractivity contribution in [1.82, 2.24) is 0 Å². The van der Waals surface area contributed by atoms with Crippen molar-refractivity contribution in [3.63, 3.8) is 0 Å². The minimum Gasteiger partial charge on any atom is -0.416 e. The van der Waals surface area contributed by atoms with Gasteiger partial charge in [0.15, 0.2) is 0 Å². The molecule has 0 aliphatic rings. The summed E-state index contributed by atoms with van der Waals surface area (Å²) in [6, 6.07) is 8.30. The summed E-state index contributed by atoms with van der Waals surface area (Å²) in [5.74, 6) is 0. The largest absolute Gasteiger partial charge is 0.416 e. The minimum atomic E-state index is -1.93. The number of hydrogen-bond donors (Lipinski definition) is 0. The van der Waals surface area contributed by atoms with Gasteiger partial charge in [0.25, 0.3) is 0 Å². The molecule has 0 N–H and O–H groups in total. The van der Waals surface area contributed by atoms with Crippen LogP contribution in [0.15, 0.2) is 37.4 Å². The van der Waals surface area contributed by atoms with E-state index in [2.05, 4.69) is 51.5 Å². The summed E-state index contributed by atoms with van der Waals surface area (Å²) in [6.07, 6.45) is 0. The average Bonchev–Trinajstić information content (AvgIpc) is 2.45. The Hall–Kier alpha value is -0.946. The predicted octanol–water partition coefficient (Wildman–Crippen LogP) is 4.49. The van der Waals surface area contributed by atoms with Gasteiger partial charge in [-0.25, -0.2) is 0 Å². The minimum absolute atomic E-state index is 1.10. The molecule has 0 saturated carbocycles. The van der Waals surface area contributed by atoms with E-state index in [1.54, 1.807) is 14.2 Å². The van der Waals surface area contributed by atoms with Gasteiger partial charge in [0.1, 0.15) is 0 Å². The van der Waals surface area contributed by atoms with E-state index in [9.17, 15) is 0 Å². The first kappa shape index (κ1) is 17.1. The second-order valence-electron chi connectivity index (χ2n) is 5.93. The lowest BCUT2D eigenvalue weighted by Gasteiger charge is -2.28. The van der Waals surface area contributed by atoms with Gasteiger partial charge in [-0.05, 0) is 47.7 Å². The quantitative estimate of drug-likeness (QED) is 0.721. The van der Waals surface area contributed by atoms with Gasteiger partial charge in [-0.15, -0.1) is 0 Å². The monoisotopic (exact) mass is 306 g/mol. The molecule has 1 rings (SSSR count). The van der Waals surface area contributed by atoms with E-state index in [0.29, 0.717) is 0 Å². The molecule has 0 spiro atoms. The van der Waals surface area contributed by atoms with Crippen LogP contribution in [0, 0.1) is 0 Å². The van der Waals surface area contributed by atoms with Gasteiger partial charge in [-0.1, -0.05) is 37.4 Å². The molecule has 0 saturated heterocycles. The van der Waals surface area contributed by atoms with Crippen molar-refractivity contribution in [2.45, 2.75) is 26.2 Å². The van der Waals surface area contributed by atoms with Crippen molar-refractivity contribution in [2.24, 2.45) is 0 Å². The molecule has 0 radical (unpaired) electrons. The van der Waals surface area contributed by atoms with Crippen LogP contribution >= 0.6 is 0 Å². The van der Waals surface area contributed by atoms with E-state index in [1.807, 2.05) is 12.1 Å². The molecule has 20 heavy (non-hydrogen) atoms. The van der Waals surface area contributed by atoms with E-state index >= 15 is 0 Å². The van der Waals surface area contributed by atoms with Crippen molar-refractivity contribution >= 4 is 27.0 Å². The van der Waals surface area contributed by atoms with Crippen molar-refractivity contribution in [3.05, 3.63) is 48.6 Å². The summed E-state index contributed by atoms with van der Waals surface area (Å²) in [5, 5.41) is 2.19. The molecule has 0 unspecified atom stereocenters. The van der Waals surface area contributed by atoms with Gasteiger partial charge in [-0.3, -0.25) is 0 Å². The smallest absolute Gasteiger partial charge is 0.217 e. The van der Waals surface area contributed by atoms with Gasteiger partial charge in [0, 0.05) is 14.2 Å². The fourth-order valence-corrected chi connectivity index (χ4v) is 4.13. The molecular formula is C16H26O2Si2. The highest BCUT2D eigenvalue weighted by Gasteiger charge is 2.31. The van der Waals surface area contributed by atoms with Gasteiger partial charge < -0.3 is 8.85 Å². The Morgan fingerprint density at radius 1 is 0.800 bits per heavy atom. The number of benzene rings is 1. The molecule has 4 heteroatoms. The molecule has 0 heterocycles. The van der Waals surface area contributed by atoms with Crippen molar-refractivity contribution < 1.29 is 8.85 Å². The second-order valence-corrected chi connectivity index (χ2v) is 14.0. The molecule has 0 aliphatic heterocycles. The Morgan fingerprint density at radius 3 is 1.35 bits per heavy atom. The maximum absolute atomic E-state index is 5.69. The highest BCUT2D eigenvalue weighted by atomic mass is 28.4. The molecule has 0 aliphatic carbocycles. The average molecular weight is 307 g/mol. The first-order valence-electron chi connectivity index (χ1n) is 6.76. The van der Waals surface area contributed by atoms with Crippen LogP contribution < -0.4 is 0 Å². The zero-order valence-electron chi connectivity index (χ0n) is 13.5. The van der Waals surface area contributed by atoms with Crippen LogP contribution in [0.3, 0.4) is 0 Å². The summed E-state index contributed by atoms with van der Waals surface area (Å²) in [4.78, 5) is 0. The van der Waals surface area contributed by atoms with Crippen LogP contribution in [0.5, 0.6) is 0 Å². The summed E-state index contributed by atoms with van der Waals surface area (Å²) in [7, 11) is -0.325. The molecule has 0 fully saturated rings. The van der Waals surface area contributed by atoms with Gasteiger partial charge in [0.2, 0.25) is 16.6 Å². The summed E-state index contributed by atoms with van der Waals surface area (Å²) >= 11 is 0. The van der Waals surface area contributed by atoms with E-state index in [0.717, 1.165) is 21.5 Å². The zero-order chi connectivity index (χ0) is 15.6. The van der Waals surface area contributed by atoms with Crippen molar-refractivity contribution in [1.29, 1.82) is 0 Å². The molecule has 0 aromatic heterocycles. The first-order chi connectivity index (χ1) is 9.17. The topological polar surface area (TPSA) is 18.5 Å². The maximum atomic E-state index is 5.69. The zero-order valence-corrected chi connectivity index (χ0v) is 15.5. The third-order valence-electron chi connectivity index (χ3n) is 4.05. The Labute approximate surface area is 125 Å². The third-order valence-corrected chi connectivity index (χ3v) is 9.54. The van der Waals surface area contributed by atoms with Gasteiger partial charge in [0.05, 0.1) is 0 Å². The molecule has 1 aromatic rings. The lowest BCUT2D eigenvalue weighted by Crippen LogP contribution is -2.33. The lowest BCUT2D eigenvalue weighted by atomic mass is 10.1.